The van der Waals surface area contributed by atoms with Crippen LogP contribution in [0.3, 0.4) is 0 Å². The van der Waals surface area contributed by atoms with Gasteiger partial charge in [0.15, 0.2) is 0 Å². The van der Waals surface area contributed by atoms with Gasteiger partial charge in [0.05, 0.1) is 37.3 Å². The van der Waals surface area contributed by atoms with Crippen molar-refractivity contribution in [2.24, 2.45) is 0 Å². The van der Waals surface area contributed by atoms with Gasteiger partial charge in [0.2, 0.25) is 0 Å². The molecule has 3 aromatic rings. The van der Waals surface area contributed by atoms with Gasteiger partial charge in [-0.3, -0.25) is 4.98 Å². The Morgan fingerprint density at radius 2 is 1.29 bits per heavy atom. The van der Waals surface area contributed by atoms with Gasteiger partial charge >= 0.3 is 11.9 Å². The van der Waals surface area contributed by atoms with E-state index in [1.807, 2.05) is 24.3 Å². The number of aromatic nitrogens is 1. The van der Waals surface area contributed by atoms with E-state index in [2.05, 4.69) is 18.5 Å². The minimum atomic E-state index is -0.426. The zero-order valence-electron chi connectivity index (χ0n) is 24.2. The normalized spacial score (nSPS) is 10.6. The molecule has 7 heteroatoms. The first-order chi connectivity index (χ1) is 20.0. The van der Waals surface area contributed by atoms with Crippen molar-refractivity contribution in [1.29, 1.82) is 0 Å². The maximum absolute atomic E-state index is 12.6. The number of hydrogen-bond donors (Lipinski definition) is 0. The summed E-state index contributed by atoms with van der Waals surface area (Å²) in [6, 6.07) is 18.1. The molecule has 41 heavy (non-hydrogen) atoms. The Kier molecular flexibility index (Phi) is 13.4. The molecule has 0 saturated carbocycles. The zero-order valence-corrected chi connectivity index (χ0v) is 24.2. The minimum Gasteiger partial charge on any atom is -0.494 e. The molecule has 0 spiro atoms. The van der Waals surface area contributed by atoms with E-state index >= 15 is 0 Å². The fourth-order valence-electron chi connectivity index (χ4n) is 3.91. The summed E-state index contributed by atoms with van der Waals surface area (Å²) in [7, 11) is 0. The van der Waals surface area contributed by atoms with Crippen LogP contribution < -0.4 is 14.2 Å². The largest absolute Gasteiger partial charge is 0.494 e. The van der Waals surface area contributed by atoms with Crippen molar-refractivity contribution in [3.05, 3.63) is 84.6 Å². The Morgan fingerprint density at radius 1 is 0.707 bits per heavy atom. The lowest BCUT2D eigenvalue weighted by Gasteiger charge is -2.09. The summed E-state index contributed by atoms with van der Waals surface area (Å²) >= 11 is 0. The van der Waals surface area contributed by atoms with Crippen molar-refractivity contribution in [2.75, 3.05) is 19.8 Å². The van der Waals surface area contributed by atoms with Crippen LogP contribution in [0.5, 0.6) is 17.2 Å². The van der Waals surface area contributed by atoms with Gasteiger partial charge in [-0.15, -0.1) is 0 Å². The molecule has 1 heterocycles. The van der Waals surface area contributed by atoms with Crippen LogP contribution in [0.2, 0.25) is 0 Å². The Morgan fingerprint density at radius 3 is 1.93 bits per heavy atom. The van der Waals surface area contributed by atoms with Crippen molar-refractivity contribution in [1.82, 2.24) is 4.98 Å². The second-order valence-electron chi connectivity index (χ2n) is 9.91. The molecule has 0 aliphatic carbocycles. The SMILES string of the molecule is C=C(C)C(=O)OCCCCCCCCOc1ccc(C(=O)Oc2ccc(-c3ccc(OCCCC)cn3)cc2)cc1. The number of unbranched alkanes of at least 4 members (excludes halogenated alkanes) is 6. The molecule has 0 fully saturated rings. The molecule has 0 saturated heterocycles. The molecule has 0 aliphatic rings. The second-order valence-corrected chi connectivity index (χ2v) is 9.91. The number of rotatable bonds is 18. The maximum atomic E-state index is 12.6. The van der Waals surface area contributed by atoms with Gasteiger partial charge in [0, 0.05) is 11.1 Å². The highest BCUT2D eigenvalue weighted by Crippen LogP contribution is 2.23. The topological polar surface area (TPSA) is 84.0 Å². The summed E-state index contributed by atoms with van der Waals surface area (Å²) in [5, 5.41) is 0. The van der Waals surface area contributed by atoms with E-state index in [0.29, 0.717) is 36.7 Å². The Balaban J connectivity index is 1.32. The smallest absolute Gasteiger partial charge is 0.343 e. The molecule has 0 atom stereocenters. The highest BCUT2D eigenvalue weighted by Gasteiger charge is 2.10. The van der Waals surface area contributed by atoms with E-state index < -0.39 is 5.97 Å². The summed E-state index contributed by atoms with van der Waals surface area (Å²) in [4.78, 5) is 28.4. The van der Waals surface area contributed by atoms with Gasteiger partial charge in [-0.1, -0.05) is 45.6 Å². The molecule has 1 aromatic heterocycles. The molecule has 7 nitrogen and oxygen atoms in total. The van der Waals surface area contributed by atoms with Crippen LogP contribution in [-0.4, -0.2) is 36.7 Å². The number of ether oxygens (including phenoxy) is 4. The van der Waals surface area contributed by atoms with Crippen LogP contribution in [0, 0.1) is 0 Å². The van der Waals surface area contributed by atoms with Crippen LogP contribution >= 0.6 is 0 Å². The summed E-state index contributed by atoms with van der Waals surface area (Å²) in [6.45, 7) is 9.11. The lowest BCUT2D eigenvalue weighted by Crippen LogP contribution is -2.08. The standard InChI is InChI=1S/C34H41NO6/c1-4-5-22-39-31-20-21-32(35-25-31)27-12-18-30(19-13-27)41-34(37)28-14-16-29(17-15-28)38-23-10-8-6-7-9-11-24-40-33(36)26(2)3/h12-21,25H,2,4-11,22-24H2,1,3H3. The van der Waals surface area contributed by atoms with Gasteiger partial charge in [0.1, 0.15) is 17.2 Å². The molecule has 218 valence electrons. The molecule has 0 amide bonds. The number of pyridine rings is 1. The summed E-state index contributed by atoms with van der Waals surface area (Å²) < 4.78 is 22.1. The molecule has 0 N–H and O–H groups in total. The van der Waals surface area contributed by atoms with Crippen LogP contribution in [-0.2, 0) is 9.53 Å². The number of benzene rings is 2. The number of carbonyl (C=O) groups excluding carboxylic acids is 2. The molecule has 0 radical (unpaired) electrons. The van der Waals surface area contributed by atoms with E-state index in [1.165, 1.54) is 0 Å². The molecular formula is C34H41NO6. The van der Waals surface area contributed by atoms with Gasteiger partial charge in [-0.05, 0) is 86.8 Å². The number of hydrogen-bond acceptors (Lipinski definition) is 7. The summed E-state index contributed by atoms with van der Waals surface area (Å²) in [6.07, 6.45) is 9.98. The van der Waals surface area contributed by atoms with E-state index in [9.17, 15) is 9.59 Å². The lowest BCUT2D eigenvalue weighted by molar-refractivity contribution is -0.139. The fourth-order valence-corrected chi connectivity index (χ4v) is 3.91. The van der Waals surface area contributed by atoms with Crippen molar-refractivity contribution in [2.45, 2.75) is 65.2 Å². The van der Waals surface area contributed by atoms with E-state index in [4.69, 9.17) is 18.9 Å². The minimum absolute atomic E-state index is 0.318. The predicted octanol–water partition coefficient (Wildman–Crippen LogP) is 7.99. The third-order valence-corrected chi connectivity index (χ3v) is 6.34. The Bertz CT molecular complexity index is 1220. The van der Waals surface area contributed by atoms with Gasteiger partial charge in [-0.25, -0.2) is 9.59 Å². The monoisotopic (exact) mass is 559 g/mol. The molecule has 0 unspecified atom stereocenters. The number of carbonyl (C=O) groups is 2. The first kappa shape index (κ1) is 31.4. The third kappa shape index (κ3) is 11.5. The van der Waals surface area contributed by atoms with Crippen molar-refractivity contribution >= 4 is 11.9 Å². The van der Waals surface area contributed by atoms with Crippen molar-refractivity contribution in [3.63, 3.8) is 0 Å². The Hall–Kier alpha value is -4.13. The molecule has 3 rings (SSSR count). The maximum Gasteiger partial charge on any atom is 0.343 e. The molecule has 0 bridgehead atoms. The van der Waals surface area contributed by atoms with Crippen molar-refractivity contribution < 1.29 is 28.5 Å². The van der Waals surface area contributed by atoms with Gasteiger partial charge in [0.25, 0.3) is 0 Å². The highest BCUT2D eigenvalue weighted by molar-refractivity contribution is 5.91. The lowest BCUT2D eigenvalue weighted by atomic mass is 10.1. The average molecular weight is 560 g/mol. The van der Waals surface area contributed by atoms with Gasteiger partial charge < -0.3 is 18.9 Å². The van der Waals surface area contributed by atoms with Crippen LogP contribution in [0.15, 0.2) is 79.0 Å². The van der Waals surface area contributed by atoms with E-state index in [-0.39, 0.29) is 5.97 Å². The van der Waals surface area contributed by atoms with Crippen LogP contribution in [0.4, 0.5) is 0 Å². The number of esters is 2. The molecule has 0 aliphatic heterocycles. The third-order valence-electron chi connectivity index (χ3n) is 6.34. The highest BCUT2D eigenvalue weighted by atomic mass is 16.5. The molecule has 2 aromatic carbocycles. The van der Waals surface area contributed by atoms with Crippen LogP contribution in [0.25, 0.3) is 11.3 Å². The predicted molar refractivity (Wildman–Crippen MR) is 160 cm³/mol. The molecular weight excluding hydrogens is 518 g/mol. The Labute approximate surface area is 243 Å². The second kappa shape index (κ2) is 17.5. The summed E-state index contributed by atoms with van der Waals surface area (Å²) in [5.41, 5.74) is 2.63. The van der Waals surface area contributed by atoms with E-state index in [1.54, 1.807) is 49.5 Å². The zero-order chi connectivity index (χ0) is 29.3. The van der Waals surface area contributed by atoms with Gasteiger partial charge in [-0.2, -0.15) is 0 Å². The number of nitrogens with zero attached hydrogens (tertiary/aromatic N) is 1. The fraction of sp³-hybridized carbons (Fsp3) is 0.382. The van der Waals surface area contributed by atoms with E-state index in [0.717, 1.165) is 74.1 Å². The first-order valence-electron chi connectivity index (χ1n) is 14.4. The quantitative estimate of drug-likeness (QED) is 0.0676. The van der Waals surface area contributed by atoms with Crippen molar-refractivity contribution in [3.8, 4) is 28.5 Å². The average Bonchev–Trinajstić information content (AvgIpc) is 2.99. The first-order valence-corrected chi connectivity index (χ1v) is 14.4. The summed E-state index contributed by atoms with van der Waals surface area (Å²) in [5.74, 6) is 1.20. The van der Waals surface area contributed by atoms with Crippen LogP contribution in [0.1, 0.15) is 75.6 Å².